The molecule has 0 bridgehead atoms. The van der Waals surface area contributed by atoms with Gasteiger partial charge < -0.3 is 35.6 Å². The number of anilines is 1. The van der Waals surface area contributed by atoms with Gasteiger partial charge in [0.05, 0.1) is 36.8 Å². The van der Waals surface area contributed by atoms with Crippen molar-refractivity contribution in [3.63, 3.8) is 0 Å². The van der Waals surface area contributed by atoms with Gasteiger partial charge in [0.15, 0.2) is 0 Å². The topological polar surface area (TPSA) is 160 Å². The number of pyridine rings is 3. The van der Waals surface area contributed by atoms with E-state index in [9.17, 15) is 14.4 Å². The fourth-order valence-corrected chi connectivity index (χ4v) is 7.08. The van der Waals surface area contributed by atoms with Crippen LogP contribution in [0, 0.1) is 6.92 Å². The van der Waals surface area contributed by atoms with Gasteiger partial charge in [0.1, 0.15) is 11.4 Å². The molecule has 4 N–H and O–H groups in total. The summed E-state index contributed by atoms with van der Waals surface area (Å²) in [6, 6.07) is 13.4. The molecule has 6 rings (SSSR count). The van der Waals surface area contributed by atoms with Gasteiger partial charge in [-0.05, 0) is 56.0 Å². The van der Waals surface area contributed by atoms with E-state index in [4.69, 9.17) is 26.1 Å². The molecule has 2 saturated heterocycles. The van der Waals surface area contributed by atoms with Crippen molar-refractivity contribution in [2.75, 3.05) is 39.2 Å². The zero-order valence-electron chi connectivity index (χ0n) is 30.4. The van der Waals surface area contributed by atoms with E-state index in [0.29, 0.717) is 65.3 Å². The van der Waals surface area contributed by atoms with Crippen LogP contribution in [0.2, 0.25) is 5.02 Å². The van der Waals surface area contributed by atoms with Gasteiger partial charge in [0.2, 0.25) is 17.7 Å². The Morgan fingerprint density at radius 1 is 1.00 bits per heavy atom. The first-order valence-corrected chi connectivity index (χ1v) is 18.1. The number of hydrogen-bond acceptors (Lipinski definition) is 10. The molecule has 4 aromatic rings. The zero-order valence-corrected chi connectivity index (χ0v) is 31.2. The molecule has 1 unspecified atom stereocenters. The van der Waals surface area contributed by atoms with E-state index in [-0.39, 0.29) is 35.5 Å². The third-order valence-corrected chi connectivity index (χ3v) is 10.2. The van der Waals surface area contributed by atoms with Crippen LogP contribution in [0.4, 0.5) is 5.69 Å². The summed E-state index contributed by atoms with van der Waals surface area (Å²) in [6.07, 6.45) is 6.34. The number of likely N-dealkylation sites (tertiary alicyclic amines) is 1. The molecule has 2 fully saturated rings. The Labute approximate surface area is 314 Å². The molecule has 0 aliphatic carbocycles. The van der Waals surface area contributed by atoms with E-state index in [1.165, 1.54) is 0 Å². The molecule has 13 nitrogen and oxygen atoms in total. The number of methoxy groups -OCH3 is 2. The van der Waals surface area contributed by atoms with E-state index in [2.05, 4.69) is 31.2 Å². The molecule has 0 saturated carbocycles. The predicted octanol–water partition coefficient (Wildman–Crippen LogP) is 4.91. The van der Waals surface area contributed by atoms with E-state index in [0.717, 1.165) is 54.6 Å². The third-order valence-electron chi connectivity index (χ3n) is 9.85. The minimum Gasteiger partial charge on any atom is -0.495 e. The standard InChI is InChI=1S/C39H45ClN8O5/c1-23-29(37-36(40)30(12-15-42-37)32-10-8-25(39(47-32)53-4)19-41-21-28-9-11-35(50)45-28)6-5-7-31(23)46-38(51)33-18-26(34(52-3)22-44-33)20-43-27-13-16-48(17-14-27)24(2)49/h5-8,10,12,15,18,22,27-28,41,43H,9,11,13-14,16-17,19-21H2,1-4H3,(H,45,50)(H,46,51). The fourth-order valence-electron chi connectivity index (χ4n) is 6.77. The number of nitrogens with one attached hydrogen (secondary N) is 4. The number of rotatable bonds is 13. The van der Waals surface area contributed by atoms with Gasteiger partial charge in [-0.3, -0.25) is 19.4 Å². The largest absolute Gasteiger partial charge is 0.495 e. The molecule has 5 heterocycles. The lowest BCUT2D eigenvalue weighted by molar-refractivity contribution is -0.130. The van der Waals surface area contributed by atoms with Crippen molar-refractivity contribution in [1.82, 2.24) is 35.8 Å². The Bertz CT molecular complexity index is 1980. The lowest BCUT2D eigenvalue weighted by atomic mass is 10.0. The molecule has 3 amide bonds. The number of aromatic nitrogens is 3. The van der Waals surface area contributed by atoms with Crippen molar-refractivity contribution in [2.45, 2.75) is 64.7 Å². The van der Waals surface area contributed by atoms with Crippen molar-refractivity contribution in [3.05, 3.63) is 82.3 Å². The Balaban J connectivity index is 1.15. The Hall–Kier alpha value is -5.11. The van der Waals surface area contributed by atoms with Crippen LogP contribution in [0.5, 0.6) is 11.6 Å². The lowest BCUT2D eigenvalue weighted by Crippen LogP contribution is -2.44. The summed E-state index contributed by atoms with van der Waals surface area (Å²) < 4.78 is 11.2. The summed E-state index contributed by atoms with van der Waals surface area (Å²) in [5, 5.41) is 13.3. The van der Waals surface area contributed by atoms with Crippen molar-refractivity contribution >= 4 is 35.0 Å². The number of ether oxygens (including phenoxy) is 2. The van der Waals surface area contributed by atoms with Crippen molar-refractivity contribution in [1.29, 1.82) is 0 Å². The maximum atomic E-state index is 13.6. The second kappa shape index (κ2) is 17.1. The first-order chi connectivity index (χ1) is 25.6. The maximum Gasteiger partial charge on any atom is 0.274 e. The average molecular weight is 741 g/mol. The number of amides is 3. The minimum atomic E-state index is -0.365. The van der Waals surface area contributed by atoms with Gasteiger partial charge >= 0.3 is 0 Å². The van der Waals surface area contributed by atoms with Crippen LogP contribution >= 0.6 is 11.6 Å². The monoisotopic (exact) mass is 740 g/mol. The van der Waals surface area contributed by atoms with Gasteiger partial charge in [-0.1, -0.05) is 29.8 Å². The Morgan fingerprint density at radius 3 is 2.53 bits per heavy atom. The molecule has 2 aliphatic rings. The van der Waals surface area contributed by atoms with Crippen LogP contribution in [-0.4, -0.2) is 83.5 Å². The molecular weight excluding hydrogens is 696 g/mol. The molecule has 278 valence electrons. The maximum absolute atomic E-state index is 13.6. The van der Waals surface area contributed by atoms with E-state index >= 15 is 0 Å². The van der Waals surface area contributed by atoms with Crippen LogP contribution in [0.3, 0.4) is 0 Å². The van der Waals surface area contributed by atoms with Crippen LogP contribution in [0.15, 0.2) is 54.9 Å². The SMILES string of the molecule is COc1cnc(C(=O)Nc2cccc(-c3nccc(-c4ccc(CNCC5CCC(=O)N5)c(OC)n4)c3Cl)c2C)cc1CNC1CCN(C(C)=O)CC1. The summed E-state index contributed by atoms with van der Waals surface area (Å²) in [5.74, 6) is 0.882. The molecule has 2 aliphatic heterocycles. The highest BCUT2D eigenvalue weighted by atomic mass is 35.5. The van der Waals surface area contributed by atoms with Crippen LogP contribution < -0.4 is 30.7 Å². The first kappa shape index (κ1) is 37.6. The number of carbonyl (C=O) groups is 3. The Morgan fingerprint density at radius 2 is 1.81 bits per heavy atom. The van der Waals surface area contributed by atoms with Gasteiger partial charge in [0, 0.05) is 92.3 Å². The third kappa shape index (κ3) is 8.93. The molecule has 14 heteroatoms. The molecule has 1 atom stereocenters. The minimum absolute atomic E-state index is 0.0879. The smallest absolute Gasteiger partial charge is 0.274 e. The van der Waals surface area contributed by atoms with E-state index in [1.807, 2.05) is 48.2 Å². The van der Waals surface area contributed by atoms with Gasteiger partial charge in [-0.25, -0.2) is 9.97 Å². The second-order valence-corrected chi connectivity index (χ2v) is 13.7. The summed E-state index contributed by atoms with van der Waals surface area (Å²) >= 11 is 7.04. The van der Waals surface area contributed by atoms with E-state index < -0.39 is 0 Å². The summed E-state index contributed by atoms with van der Waals surface area (Å²) in [5.41, 5.74) is 5.94. The number of piperidine rings is 1. The van der Waals surface area contributed by atoms with E-state index in [1.54, 1.807) is 39.6 Å². The summed E-state index contributed by atoms with van der Waals surface area (Å²) in [6.45, 7) is 6.63. The Kier molecular flexibility index (Phi) is 12.2. The molecular formula is C39H45ClN8O5. The molecule has 1 aromatic carbocycles. The number of halogens is 1. The van der Waals surface area contributed by atoms with Crippen molar-refractivity contribution in [2.24, 2.45) is 0 Å². The van der Waals surface area contributed by atoms with Crippen LogP contribution in [0.1, 0.15) is 59.8 Å². The fraction of sp³-hybridized carbons (Fsp3) is 0.385. The highest BCUT2D eigenvalue weighted by molar-refractivity contribution is 6.35. The highest BCUT2D eigenvalue weighted by Crippen LogP contribution is 2.38. The summed E-state index contributed by atoms with van der Waals surface area (Å²) in [4.78, 5) is 52.4. The summed E-state index contributed by atoms with van der Waals surface area (Å²) in [7, 11) is 3.16. The van der Waals surface area contributed by atoms with Crippen LogP contribution in [0.25, 0.3) is 22.5 Å². The normalized spacial score (nSPS) is 16.0. The number of benzene rings is 1. The highest BCUT2D eigenvalue weighted by Gasteiger charge is 2.23. The van der Waals surface area contributed by atoms with Gasteiger partial charge in [-0.2, -0.15) is 0 Å². The first-order valence-electron chi connectivity index (χ1n) is 17.8. The van der Waals surface area contributed by atoms with Crippen LogP contribution in [-0.2, 0) is 22.7 Å². The molecule has 53 heavy (non-hydrogen) atoms. The zero-order chi connectivity index (χ0) is 37.5. The number of nitrogens with zero attached hydrogens (tertiary/aromatic N) is 4. The number of carbonyl (C=O) groups excluding carboxylic acids is 3. The second-order valence-electron chi connectivity index (χ2n) is 13.3. The van der Waals surface area contributed by atoms with Crippen molar-refractivity contribution in [3.8, 4) is 34.1 Å². The van der Waals surface area contributed by atoms with Gasteiger partial charge in [0.25, 0.3) is 5.91 Å². The average Bonchev–Trinajstić information content (AvgIpc) is 3.59. The predicted molar refractivity (Wildman–Crippen MR) is 203 cm³/mol. The lowest BCUT2D eigenvalue weighted by Gasteiger charge is -2.32. The quantitative estimate of drug-likeness (QED) is 0.148. The van der Waals surface area contributed by atoms with Gasteiger partial charge in [-0.15, -0.1) is 0 Å². The number of hydrogen-bond donors (Lipinski definition) is 4. The molecule has 0 radical (unpaired) electrons. The molecule has 0 spiro atoms. The van der Waals surface area contributed by atoms with Crippen molar-refractivity contribution < 1.29 is 23.9 Å². The molecule has 3 aromatic heterocycles.